The van der Waals surface area contributed by atoms with E-state index in [1.807, 2.05) is 30.3 Å². The fourth-order valence-corrected chi connectivity index (χ4v) is 4.23. The molecule has 4 rings (SSSR count). The van der Waals surface area contributed by atoms with Crippen LogP contribution in [0.3, 0.4) is 0 Å². The van der Waals surface area contributed by atoms with Crippen LogP contribution in [0.15, 0.2) is 48.5 Å². The fraction of sp³-hybridized carbons (Fsp3) is 0.333. The summed E-state index contributed by atoms with van der Waals surface area (Å²) in [7, 11) is 0. The normalized spacial score (nSPS) is 21.3. The van der Waals surface area contributed by atoms with Gasteiger partial charge in [-0.25, -0.2) is 4.39 Å². The molecule has 1 spiro atoms. The molecule has 2 aliphatic rings. The lowest BCUT2D eigenvalue weighted by Gasteiger charge is -2.39. The first-order valence-corrected chi connectivity index (χ1v) is 9.47. The van der Waals surface area contributed by atoms with Gasteiger partial charge < -0.3 is 10.2 Å². The number of nitrogens with one attached hydrogen (secondary N) is 1. The molecule has 0 radical (unpaired) electrons. The maximum Gasteiger partial charge on any atom is 0.253 e. The van der Waals surface area contributed by atoms with Crippen molar-refractivity contribution in [2.75, 3.05) is 13.1 Å². The van der Waals surface area contributed by atoms with E-state index in [4.69, 9.17) is 11.6 Å². The monoisotopic (exact) mass is 386 g/mol. The van der Waals surface area contributed by atoms with Crippen LogP contribution >= 0.6 is 11.6 Å². The molecule has 2 fully saturated rings. The Morgan fingerprint density at radius 3 is 2.52 bits per heavy atom. The molecule has 0 bridgehead atoms. The van der Waals surface area contributed by atoms with E-state index in [9.17, 15) is 14.0 Å². The maximum absolute atomic E-state index is 13.6. The molecule has 2 amide bonds. The molecule has 4 nitrogen and oxygen atoms in total. The number of hydrogen-bond acceptors (Lipinski definition) is 2. The minimum atomic E-state index is -0.593. The minimum Gasteiger partial charge on any atom is -0.350 e. The predicted molar refractivity (Wildman–Crippen MR) is 101 cm³/mol. The van der Waals surface area contributed by atoms with Crippen LogP contribution in [0, 0.1) is 5.82 Å². The molecule has 0 aromatic heterocycles. The molecule has 0 aliphatic carbocycles. The number of amides is 2. The topological polar surface area (TPSA) is 49.4 Å². The second-order valence-corrected chi connectivity index (χ2v) is 7.77. The maximum atomic E-state index is 13.6. The van der Waals surface area contributed by atoms with Crippen molar-refractivity contribution in [3.05, 3.63) is 70.5 Å². The van der Waals surface area contributed by atoms with Crippen LogP contribution in [0.25, 0.3) is 0 Å². The zero-order valence-corrected chi connectivity index (χ0v) is 15.5. The van der Waals surface area contributed by atoms with E-state index >= 15 is 0 Å². The molecule has 1 atom stereocenters. The number of benzene rings is 2. The number of rotatable bonds is 2. The second-order valence-electron chi connectivity index (χ2n) is 7.36. The Hall–Kier alpha value is -2.40. The summed E-state index contributed by atoms with van der Waals surface area (Å²) in [6.07, 6.45) is 2.14. The van der Waals surface area contributed by atoms with E-state index in [1.54, 1.807) is 11.0 Å². The number of carbonyl (C=O) groups is 2. The Balaban J connectivity index is 1.43. The Labute approximate surface area is 162 Å². The number of carbonyl (C=O) groups excluding carboxylic acids is 2. The van der Waals surface area contributed by atoms with Crippen LogP contribution in [0.1, 0.15) is 41.1 Å². The average Bonchev–Trinajstić information content (AvgIpc) is 3.00. The van der Waals surface area contributed by atoms with Gasteiger partial charge in [-0.1, -0.05) is 41.9 Å². The molecule has 6 heteroatoms. The highest BCUT2D eigenvalue weighted by Crippen LogP contribution is 2.39. The van der Waals surface area contributed by atoms with Crippen molar-refractivity contribution in [3.63, 3.8) is 0 Å². The van der Waals surface area contributed by atoms with Crippen molar-refractivity contribution in [1.82, 2.24) is 10.2 Å². The standard InChI is InChI=1S/C21H20ClFN2O2/c22-17-7-6-15(12-18(17)23)20(27)25-10-8-21(9-11-25)13-16(19(26)24-21)14-4-2-1-3-5-14/h1-7,12,16H,8-11,13H2,(H,24,26)/t16-/m0/s1. The summed E-state index contributed by atoms with van der Waals surface area (Å²) in [5, 5.41) is 3.18. The number of piperidine rings is 1. The van der Waals surface area contributed by atoms with Crippen molar-refractivity contribution < 1.29 is 14.0 Å². The molecule has 2 heterocycles. The summed E-state index contributed by atoms with van der Waals surface area (Å²) in [6.45, 7) is 1.07. The molecule has 2 saturated heterocycles. The highest BCUT2D eigenvalue weighted by atomic mass is 35.5. The highest BCUT2D eigenvalue weighted by molar-refractivity contribution is 6.30. The lowest BCUT2D eigenvalue weighted by molar-refractivity contribution is -0.121. The summed E-state index contributed by atoms with van der Waals surface area (Å²) < 4.78 is 13.6. The van der Waals surface area contributed by atoms with Crippen molar-refractivity contribution >= 4 is 23.4 Å². The highest BCUT2D eigenvalue weighted by Gasteiger charge is 2.46. The van der Waals surface area contributed by atoms with Crippen LogP contribution in [-0.4, -0.2) is 35.3 Å². The van der Waals surface area contributed by atoms with E-state index < -0.39 is 5.82 Å². The quantitative estimate of drug-likeness (QED) is 0.854. The van der Waals surface area contributed by atoms with Gasteiger partial charge in [0.05, 0.1) is 10.9 Å². The third-order valence-electron chi connectivity index (χ3n) is 5.68. The molecule has 2 aromatic rings. The smallest absolute Gasteiger partial charge is 0.253 e. The van der Waals surface area contributed by atoms with E-state index in [0.29, 0.717) is 31.5 Å². The van der Waals surface area contributed by atoms with Gasteiger partial charge in [0.2, 0.25) is 5.91 Å². The van der Waals surface area contributed by atoms with Gasteiger partial charge in [0.25, 0.3) is 5.91 Å². The third kappa shape index (κ3) is 3.44. The van der Waals surface area contributed by atoms with E-state index in [0.717, 1.165) is 12.0 Å². The van der Waals surface area contributed by atoms with Gasteiger partial charge in [-0.15, -0.1) is 0 Å². The Bertz CT molecular complexity index is 879. The molecule has 27 heavy (non-hydrogen) atoms. The largest absolute Gasteiger partial charge is 0.350 e. The van der Waals surface area contributed by atoms with Gasteiger partial charge in [0, 0.05) is 24.2 Å². The SMILES string of the molecule is O=C1NC2(CCN(C(=O)c3ccc(Cl)c(F)c3)CC2)C[C@H]1c1ccccc1. The molecular weight excluding hydrogens is 367 g/mol. The van der Waals surface area contributed by atoms with Crippen molar-refractivity contribution in [2.45, 2.75) is 30.7 Å². The molecule has 2 aromatic carbocycles. The first-order valence-electron chi connectivity index (χ1n) is 9.09. The van der Waals surface area contributed by atoms with Crippen LogP contribution in [-0.2, 0) is 4.79 Å². The summed E-state index contributed by atoms with van der Waals surface area (Å²) in [4.78, 5) is 26.9. The van der Waals surface area contributed by atoms with E-state index in [1.165, 1.54) is 12.1 Å². The number of nitrogens with zero attached hydrogens (tertiary/aromatic N) is 1. The number of hydrogen-bond donors (Lipinski definition) is 1. The van der Waals surface area contributed by atoms with Crippen LogP contribution in [0.5, 0.6) is 0 Å². The molecular formula is C21H20ClFN2O2. The number of likely N-dealkylation sites (tertiary alicyclic amines) is 1. The van der Waals surface area contributed by atoms with Gasteiger partial charge >= 0.3 is 0 Å². The summed E-state index contributed by atoms with van der Waals surface area (Å²) in [6, 6.07) is 13.9. The Morgan fingerprint density at radius 2 is 1.85 bits per heavy atom. The molecule has 140 valence electrons. The fourth-order valence-electron chi connectivity index (χ4n) is 4.12. The lowest BCUT2D eigenvalue weighted by atomic mass is 9.82. The lowest BCUT2D eigenvalue weighted by Crippen LogP contribution is -2.52. The first kappa shape index (κ1) is 18.0. The van der Waals surface area contributed by atoms with Crippen LogP contribution < -0.4 is 5.32 Å². The van der Waals surface area contributed by atoms with E-state index in [-0.39, 0.29) is 28.3 Å². The Morgan fingerprint density at radius 1 is 1.15 bits per heavy atom. The van der Waals surface area contributed by atoms with Crippen molar-refractivity contribution in [2.24, 2.45) is 0 Å². The van der Waals surface area contributed by atoms with Crippen LogP contribution in [0.4, 0.5) is 4.39 Å². The van der Waals surface area contributed by atoms with Crippen molar-refractivity contribution in [3.8, 4) is 0 Å². The summed E-state index contributed by atoms with van der Waals surface area (Å²) in [5.41, 5.74) is 1.06. The average molecular weight is 387 g/mol. The molecule has 0 saturated carbocycles. The molecule has 0 unspecified atom stereocenters. The zero-order valence-electron chi connectivity index (χ0n) is 14.8. The minimum absolute atomic E-state index is 0.00442. The zero-order chi connectivity index (χ0) is 19.0. The summed E-state index contributed by atoms with van der Waals surface area (Å²) in [5.74, 6) is -0.881. The first-order chi connectivity index (χ1) is 13.0. The molecule has 1 N–H and O–H groups in total. The predicted octanol–water partition coefficient (Wildman–Crippen LogP) is 3.76. The van der Waals surface area contributed by atoms with E-state index in [2.05, 4.69) is 5.32 Å². The second kappa shape index (κ2) is 6.97. The number of halogens is 2. The molecule has 2 aliphatic heterocycles. The van der Waals surface area contributed by atoms with Gasteiger partial charge in [0.1, 0.15) is 5.82 Å². The van der Waals surface area contributed by atoms with Crippen LogP contribution in [0.2, 0.25) is 5.02 Å². The van der Waals surface area contributed by atoms with Gasteiger partial charge in [-0.2, -0.15) is 0 Å². The third-order valence-corrected chi connectivity index (χ3v) is 5.98. The van der Waals surface area contributed by atoms with Gasteiger partial charge in [0.15, 0.2) is 0 Å². The van der Waals surface area contributed by atoms with Gasteiger partial charge in [-0.3, -0.25) is 9.59 Å². The Kier molecular flexibility index (Phi) is 4.64. The van der Waals surface area contributed by atoms with Crippen molar-refractivity contribution in [1.29, 1.82) is 0 Å². The van der Waals surface area contributed by atoms with Gasteiger partial charge in [-0.05, 0) is 43.0 Å². The summed E-state index contributed by atoms with van der Waals surface area (Å²) >= 11 is 5.69.